The summed E-state index contributed by atoms with van der Waals surface area (Å²) in [6.07, 6.45) is 1.79. The van der Waals surface area contributed by atoms with Gasteiger partial charge in [0.1, 0.15) is 0 Å². The van der Waals surface area contributed by atoms with Gasteiger partial charge in [-0.05, 0) is 11.1 Å². The lowest BCUT2D eigenvalue weighted by Crippen LogP contribution is -2.36. The van der Waals surface area contributed by atoms with Gasteiger partial charge in [0.15, 0.2) is 5.96 Å². The summed E-state index contributed by atoms with van der Waals surface area (Å²) in [5.74, 6) is 1.38. The highest BCUT2D eigenvalue weighted by Gasteiger charge is 2.00. The second-order valence-corrected chi connectivity index (χ2v) is 4.47. The van der Waals surface area contributed by atoms with Crippen molar-refractivity contribution in [1.82, 2.24) is 15.6 Å². The Morgan fingerprint density at radius 1 is 1.05 bits per heavy atom. The Bertz CT molecular complexity index is 567. The van der Waals surface area contributed by atoms with Crippen molar-refractivity contribution in [1.29, 1.82) is 0 Å². The van der Waals surface area contributed by atoms with Crippen LogP contribution in [0.5, 0.6) is 5.88 Å². The molecule has 0 unspecified atom stereocenters. The third-order valence-electron chi connectivity index (χ3n) is 2.99. The number of ether oxygens (including phenoxy) is 1. The van der Waals surface area contributed by atoms with Crippen molar-refractivity contribution in [2.24, 2.45) is 4.99 Å². The minimum absolute atomic E-state index is 0.616. The van der Waals surface area contributed by atoms with Gasteiger partial charge in [0.05, 0.1) is 7.11 Å². The zero-order chi connectivity index (χ0) is 14.9. The van der Waals surface area contributed by atoms with Crippen molar-refractivity contribution in [2.75, 3.05) is 14.2 Å². The molecule has 0 aliphatic heterocycles. The molecular weight excluding hydrogens is 264 g/mol. The van der Waals surface area contributed by atoms with Gasteiger partial charge in [-0.25, -0.2) is 4.98 Å². The van der Waals surface area contributed by atoms with Crippen LogP contribution in [-0.2, 0) is 13.1 Å². The van der Waals surface area contributed by atoms with Gasteiger partial charge in [0.25, 0.3) is 0 Å². The van der Waals surface area contributed by atoms with E-state index in [2.05, 4.69) is 32.7 Å². The van der Waals surface area contributed by atoms with E-state index < -0.39 is 0 Å². The fraction of sp³-hybridized carbons (Fsp3) is 0.250. The number of aliphatic imine (C=N–C) groups is 1. The van der Waals surface area contributed by atoms with Crippen LogP contribution in [-0.4, -0.2) is 25.1 Å². The molecule has 0 aliphatic carbocycles. The highest BCUT2D eigenvalue weighted by Crippen LogP contribution is 2.06. The number of rotatable bonds is 5. The summed E-state index contributed by atoms with van der Waals surface area (Å²) in [7, 11) is 3.36. The van der Waals surface area contributed by atoms with Crippen LogP contribution in [0.3, 0.4) is 0 Å². The molecule has 0 bridgehead atoms. The number of nitrogens with zero attached hydrogens (tertiary/aromatic N) is 2. The van der Waals surface area contributed by atoms with E-state index in [-0.39, 0.29) is 0 Å². The first-order chi connectivity index (χ1) is 10.3. The molecular formula is C16H20N4O. The van der Waals surface area contributed by atoms with E-state index in [9.17, 15) is 0 Å². The first-order valence-corrected chi connectivity index (χ1v) is 6.79. The van der Waals surface area contributed by atoms with Gasteiger partial charge in [-0.15, -0.1) is 0 Å². The minimum Gasteiger partial charge on any atom is -0.481 e. The first kappa shape index (κ1) is 14.8. The van der Waals surface area contributed by atoms with E-state index in [4.69, 9.17) is 4.74 Å². The molecule has 0 fully saturated rings. The fourth-order valence-electron chi connectivity index (χ4n) is 1.82. The molecule has 1 aromatic carbocycles. The molecule has 2 N–H and O–H groups in total. The van der Waals surface area contributed by atoms with E-state index >= 15 is 0 Å². The second kappa shape index (κ2) is 7.89. The van der Waals surface area contributed by atoms with E-state index in [0.29, 0.717) is 12.4 Å². The lowest BCUT2D eigenvalue weighted by molar-refractivity contribution is 0.397. The summed E-state index contributed by atoms with van der Waals surface area (Å²) >= 11 is 0. The Balaban J connectivity index is 1.82. The number of pyridine rings is 1. The molecule has 0 atom stereocenters. The Hall–Kier alpha value is -2.56. The van der Waals surface area contributed by atoms with Crippen LogP contribution in [0.1, 0.15) is 11.1 Å². The zero-order valence-corrected chi connectivity index (χ0v) is 12.3. The van der Waals surface area contributed by atoms with E-state index in [1.54, 1.807) is 20.4 Å². The molecule has 0 aliphatic rings. The topological polar surface area (TPSA) is 58.5 Å². The number of benzene rings is 1. The van der Waals surface area contributed by atoms with Gasteiger partial charge in [-0.3, -0.25) is 4.99 Å². The van der Waals surface area contributed by atoms with Gasteiger partial charge in [-0.1, -0.05) is 36.4 Å². The second-order valence-electron chi connectivity index (χ2n) is 4.47. The predicted molar refractivity (Wildman–Crippen MR) is 84.3 cm³/mol. The number of guanidine groups is 1. The summed E-state index contributed by atoms with van der Waals surface area (Å²) in [5, 5.41) is 6.52. The molecule has 0 amide bonds. The van der Waals surface area contributed by atoms with Gasteiger partial charge < -0.3 is 15.4 Å². The average Bonchev–Trinajstić information content (AvgIpc) is 2.56. The van der Waals surface area contributed by atoms with E-state index in [0.717, 1.165) is 18.1 Å². The van der Waals surface area contributed by atoms with Crippen molar-refractivity contribution in [3.05, 3.63) is 59.8 Å². The quantitative estimate of drug-likeness (QED) is 0.651. The molecule has 110 valence electrons. The van der Waals surface area contributed by atoms with Crippen LogP contribution in [0.2, 0.25) is 0 Å². The molecule has 2 aromatic rings. The molecule has 5 heteroatoms. The van der Waals surface area contributed by atoms with Gasteiger partial charge in [0, 0.05) is 32.4 Å². The lowest BCUT2D eigenvalue weighted by Gasteiger charge is -2.12. The number of methoxy groups -OCH3 is 1. The Kier molecular flexibility index (Phi) is 5.58. The maximum absolute atomic E-state index is 5.04. The number of aromatic nitrogens is 1. The summed E-state index contributed by atoms with van der Waals surface area (Å²) in [5.41, 5.74) is 2.28. The van der Waals surface area contributed by atoms with E-state index in [1.807, 2.05) is 30.3 Å². The molecule has 1 heterocycles. The maximum Gasteiger partial charge on any atom is 0.212 e. The monoisotopic (exact) mass is 284 g/mol. The summed E-state index contributed by atoms with van der Waals surface area (Å²) in [6, 6.07) is 14.0. The van der Waals surface area contributed by atoms with Crippen molar-refractivity contribution < 1.29 is 4.74 Å². The van der Waals surface area contributed by atoms with Crippen LogP contribution >= 0.6 is 0 Å². The third kappa shape index (κ3) is 4.80. The molecule has 2 rings (SSSR count). The summed E-state index contributed by atoms with van der Waals surface area (Å²) in [6.45, 7) is 1.40. The minimum atomic E-state index is 0.616. The van der Waals surface area contributed by atoms with E-state index in [1.165, 1.54) is 5.56 Å². The molecule has 0 saturated carbocycles. The van der Waals surface area contributed by atoms with Gasteiger partial charge in [0.2, 0.25) is 5.88 Å². The summed E-state index contributed by atoms with van der Waals surface area (Å²) in [4.78, 5) is 8.37. The van der Waals surface area contributed by atoms with Crippen molar-refractivity contribution >= 4 is 5.96 Å². The van der Waals surface area contributed by atoms with Crippen LogP contribution in [0.25, 0.3) is 0 Å². The Morgan fingerprint density at radius 3 is 2.33 bits per heavy atom. The molecule has 5 nitrogen and oxygen atoms in total. The number of hydrogen-bond acceptors (Lipinski definition) is 3. The zero-order valence-electron chi connectivity index (χ0n) is 12.3. The first-order valence-electron chi connectivity index (χ1n) is 6.79. The van der Waals surface area contributed by atoms with Crippen LogP contribution in [0.4, 0.5) is 0 Å². The SMILES string of the molecule is CN=C(NCc1ccccc1)NCc1ccc(OC)nc1. The van der Waals surface area contributed by atoms with Gasteiger partial charge in [-0.2, -0.15) is 0 Å². The smallest absolute Gasteiger partial charge is 0.212 e. The molecule has 21 heavy (non-hydrogen) atoms. The Morgan fingerprint density at radius 2 is 1.76 bits per heavy atom. The summed E-state index contributed by atoms with van der Waals surface area (Å²) < 4.78 is 5.04. The standard InChI is InChI=1S/C16H20N4O/c1-17-16(19-10-13-6-4-3-5-7-13)20-12-14-8-9-15(21-2)18-11-14/h3-9,11H,10,12H2,1-2H3,(H2,17,19,20). The fourth-order valence-corrected chi connectivity index (χ4v) is 1.82. The molecule has 0 radical (unpaired) electrons. The van der Waals surface area contributed by atoms with Crippen molar-refractivity contribution in [2.45, 2.75) is 13.1 Å². The van der Waals surface area contributed by atoms with Gasteiger partial charge >= 0.3 is 0 Å². The lowest BCUT2D eigenvalue weighted by atomic mass is 10.2. The van der Waals surface area contributed by atoms with Crippen LogP contribution in [0.15, 0.2) is 53.7 Å². The molecule has 0 saturated heterocycles. The number of hydrogen-bond donors (Lipinski definition) is 2. The normalized spacial score (nSPS) is 11.0. The Labute approximate surface area is 125 Å². The highest BCUT2D eigenvalue weighted by molar-refractivity contribution is 5.79. The highest BCUT2D eigenvalue weighted by atomic mass is 16.5. The molecule has 1 aromatic heterocycles. The molecule has 0 spiro atoms. The van der Waals surface area contributed by atoms with Crippen molar-refractivity contribution in [3.8, 4) is 5.88 Å². The third-order valence-corrected chi connectivity index (χ3v) is 2.99. The maximum atomic E-state index is 5.04. The average molecular weight is 284 g/mol. The predicted octanol–water partition coefficient (Wildman–Crippen LogP) is 1.96. The largest absolute Gasteiger partial charge is 0.481 e. The van der Waals surface area contributed by atoms with Crippen LogP contribution < -0.4 is 15.4 Å². The number of nitrogens with one attached hydrogen (secondary N) is 2. The van der Waals surface area contributed by atoms with Crippen molar-refractivity contribution in [3.63, 3.8) is 0 Å². The van der Waals surface area contributed by atoms with Crippen LogP contribution in [0, 0.1) is 0 Å².